The molecule has 0 rings (SSSR count). The van der Waals surface area contributed by atoms with Gasteiger partial charge in [0.1, 0.15) is 0 Å². The van der Waals surface area contributed by atoms with Crippen LogP contribution in [-0.2, 0) is 9.53 Å². The van der Waals surface area contributed by atoms with Crippen LogP contribution in [0, 0.1) is 0 Å². The van der Waals surface area contributed by atoms with E-state index in [2.05, 4.69) is 4.74 Å². The second kappa shape index (κ2) is 4.46. The van der Waals surface area contributed by atoms with Crippen LogP contribution in [0.2, 0.25) is 0 Å². The average molecular weight is 256 g/mol. The van der Waals surface area contributed by atoms with Gasteiger partial charge in [0.2, 0.25) is 0 Å². The molecule has 96 valence electrons. The summed E-state index contributed by atoms with van der Waals surface area (Å²) in [6.07, 6.45) is -6.82. The van der Waals surface area contributed by atoms with E-state index in [1.54, 1.807) is 0 Å². The molecule has 0 radical (unpaired) electrons. The van der Waals surface area contributed by atoms with E-state index in [0.29, 0.717) is 0 Å². The molecule has 0 amide bonds. The van der Waals surface area contributed by atoms with Crippen LogP contribution in [0.15, 0.2) is 0 Å². The molecule has 0 saturated carbocycles. The minimum atomic E-state index is -6.41. The van der Waals surface area contributed by atoms with Gasteiger partial charge in [-0.3, -0.25) is 4.79 Å². The maximum Gasteiger partial charge on any atom is 0.460 e. The molecule has 0 aromatic rings. The molecule has 9 heteroatoms. The largest absolute Gasteiger partial charge is 0.460 e. The minimum absolute atomic E-state index is 0.409. The normalized spacial score (nSPS) is 13.8. The Bertz CT molecular complexity index is 258. The molecule has 0 aliphatic rings. The summed E-state index contributed by atoms with van der Waals surface area (Å²) < 4.78 is 87.6. The summed E-state index contributed by atoms with van der Waals surface area (Å²) in [7, 11) is 0. The first-order valence-corrected chi connectivity index (χ1v) is 3.93. The molecule has 0 aliphatic carbocycles. The highest BCUT2D eigenvalue weighted by molar-refractivity contribution is 5.68. The smallest absolute Gasteiger partial charge is 0.459 e. The monoisotopic (exact) mass is 256 g/mol. The number of carbonyl (C=O) groups excluding carboxylic acids is 1. The lowest BCUT2D eigenvalue weighted by Crippen LogP contribution is -2.54. The number of hydrogen-bond acceptors (Lipinski definition) is 2. The zero-order valence-electron chi connectivity index (χ0n) is 7.88. The fraction of sp³-hybridized carbons (Fsp3) is 0.857. The average Bonchev–Trinajstić information content (AvgIpc) is 2.12. The summed E-state index contributed by atoms with van der Waals surface area (Å²) in [5, 5.41) is 0. The number of carbonyl (C=O) groups is 1. The summed E-state index contributed by atoms with van der Waals surface area (Å²) in [6.45, 7) is -1.14. The van der Waals surface area contributed by atoms with Crippen LogP contribution < -0.4 is 0 Å². The molecule has 0 spiro atoms. The first-order chi connectivity index (χ1) is 6.95. The second-order valence-electron chi connectivity index (χ2n) is 2.79. The molecular weight excluding hydrogens is 249 g/mol. The number of alkyl halides is 7. The quantitative estimate of drug-likeness (QED) is 0.571. The van der Waals surface area contributed by atoms with Gasteiger partial charge in [-0.2, -0.15) is 30.7 Å². The summed E-state index contributed by atoms with van der Waals surface area (Å²) >= 11 is 0. The van der Waals surface area contributed by atoms with Gasteiger partial charge in [0.05, 0.1) is 0 Å². The van der Waals surface area contributed by atoms with Crippen molar-refractivity contribution in [2.45, 2.75) is 31.4 Å². The molecule has 16 heavy (non-hydrogen) atoms. The van der Waals surface area contributed by atoms with Gasteiger partial charge >= 0.3 is 24.0 Å². The van der Waals surface area contributed by atoms with E-state index in [4.69, 9.17) is 0 Å². The summed E-state index contributed by atoms with van der Waals surface area (Å²) in [6, 6.07) is 0. The lowest BCUT2D eigenvalue weighted by molar-refractivity contribution is -0.359. The van der Waals surface area contributed by atoms with Crippen LogP contribution in [0.3, 0.4) is 0 Å². The Kier molecular flexibility index (Phi) is 4.18. The van der Waals surface area contributed by atoms with Crippen LogP contribution >= 0.6 is 0 Å². The van der Waals surface area contributed by atoms with Crippen LogP contribution in [0.1, 0.15) is 13.3 Å². The van der Waals surface area contributed by atoms with E-state index in [1.807, 2.05) is 0 Å². The van der Waals surface area contributed by atoms with Gasteiger partial charge in [-0.25, -0.2) is 0 Å². The molecule has 0 fully saturated rings. The molecule has 0 N–H and O–H groups in total. The van der Waals surface area contributed by atoms with Gasteiger partial charge < -0.3 is 4.74 Å². The Morgan fingerprint density at radius 2 is 1.50 bits per heavy atom. The van der Waals surface area contributed by atoms with Crippen LogP contribution in [0.5, 0.6) is 0 Å². The standard InChI is InChI=1S/C7H7F7O2/c1-2-4(15)16-3-5(8,9)6(10,11)7(12,13)14/h2-3H2,1H3. The van der Waals surface area contributed by atoms with E-state index in [9.17, 15) is 35.5 Å². The highest BCUT2D eigenvalue weighted by atomic mass is 19.4. The highest BCUT2D eigenvalue weighted by Gasteiger charge is 2.73. The van der Waals surface area contributed by atoms with E-state index in [0.717, 1.165) is 0 Å². The van der Waals surface area contributed by atoms with E-state index in [-0.39, 0.29) is 0 Å². The molecule has 0 saturated heterocycles. The second-order valence-corrected chi connectivity index (χ2v) is 2.79. The van der Waals surface area contributed by atoms with Gasteiger partial charge in [-0.15, -0.1) is 0 Å². The van der Waals surface area contributed by atoms with E-state index >= 15 is 0 Å². The number of ether oxygens (including phenoxy) is 1. The van der Waals surface area contributed by atoms with Gasteiger partial charge in [-0.05, 0) is 0 Å². The van der Waals surface area contributed by atoms with Crippen LogP contribution in [0.4, 0.5) is 30.7 Å². The van der Waals surface area contributed by atoms with Crippen molar-refractivity contribution in [2.75, 3.05) is 6.61 Å². The van der Waals surface area contributed by atoms with Crippen molar-refractivity contribution in [3.63, 3.8) is 0 Å². The van der Waals surface area contributed by atoms with Crippen molar-refractivity contribution >= 4 is 5.97 Å². The number of esters is 1. The topological polar surface area (TPSA) is 26.3 Å². The van der Waals surface area contributed by atoms with Crippen LogP contribution in [-0.4, -0.2) is 30.6 Å². The Labute approximate surface area is 85.4 Å². The zero-order valence-corrected chi connectivity index (χ0v) is 7.88. The third-order valence-electron chi connectivity index (χ3n) is 1.52. The van der Waals surface area contributed by atoms with Crippen molar-refractivity contribution in [1.82, 2.24) is 0 Å². The third-order valence-corrected chi connectivity index (χ3v) is 1.52. The lowest BCUT2D eigenvalue weighted by Gasteiger charge is -2.27. The van der Waals surface area contributed by atoms with E-state index in [1.165, 1.54) is 6.92 Å². The first kappa shape index (κ1) is 15.0. The Hall–Kier alpha value is -1.02. The van der Waals surface area contributed by atoms with Gasteiger partial charge in [0.25, 0.3) is 0 Å². The van der Waals surface area contributed by atoms with E-state index < -0.39 is 37.0 Å². The van der Waals surface area contributed by atoms with Crippen molar-refractivity contribution in [2.24, 2.45) is 0 Å². The lowest BCUT2D eigenvalue weighted by atomic mass is 10.2. The maximum absolute atomic E-state index is 12.4. The minimum Gasteiger partial charge on any atom is -0.459 e. The van der Waals surface area contributed by atoms with Crippen molar-refractivity contribution < 1.29 is 40.3 Å². The van der Waals surface area contributed by atoms with Gasteiger partial charge in [0.15, 0.2) is 6.61 Å². The molecule has 0 unspecified atom stereocenters. The van der Waals surface area contributed by atoms with Gasteiger partial charge in [-0.1, -0.05) is 6.92 Å². The summed E-state index contributed by atoms with van der Waals surface area (Å²) in [5.41, 5.74) is 0. The molecule has 0 bridgehead atoms. The molecule has 0 atom stereocenters. The number of hydrogen-bond donors (Lipinski definition) is 0. The molecule has 0 aliphatic heterocycles. The fourth-order valence-electron chi connectivity index (χ4n) is 0.571. The predicted molar refractivity (Wildman–Crippen MR) is 37.2 cm³/mol. The Morgan fingerprint density at radius 3 is 1.81 bits per heavy atom. The first-order valence-electron chi connectivity index (χ1n) is 3.93. The number of halogens is 7. The Morgan fingerprint density at radius 1 is 1.06 bits per heavy atom. The predicted octanol–water partition coefficient (Wildman–Crippen LogP) is 2.77. The Balaban J connectivity index is 4.72. The maximum atomic E-state index is 12.4. The van der Waals surface area contributed by atoms with Gasteiger partial charge in [0, 0.05) is 6.42 Å². The molecular formula is C7H7F7O2. The zero-order chi connectivity index (χ0) is 13.2. The third kappa shape index (κ3) is 2.99. The van der Waals surface area contributed by atoms with Crippen LogP contribution in [0.25, 0.3) is 0 Å². The molecule has 0 aromatic heterocycles. The SMILES string of the molecule is CCC(=O)OCC(F)(F)C(F)(F)C(F)(F)F. The number of rotatable bonds is 4. The highest BCUT2D eigenvalue weighted by Crippen LogP contribution is 2.46. The summed E-state index contributed by atoms with van der Waals surface area (Å²) in [4.78, 5) is 10.4. The van der Waals surface area contributed by atoms with Crippen molar-refractivity contribution in [3.8, 4) is 0 Å². The molecule has 0 heterocycles. The molecule has 2 nitrogen and oxygen atoms in total. The summed E-state index contributed by atoms with van der Waals surface area (Å²) in [5.74, 6) is -13.0. The molecule has 0 aromatic carbocycles. The van der Waals surface area contributed by atoms with Crippen molar-refractivity contribution in [3.05, 3.63) is 0 Å². The van der Waals surface area contributed by atoms with Crippen molar-refractivity contribution in [1.29, 1.82) is 0 Å². The fourth-order valence-corrected chi connectivity index (χ4v) is 0.571.